The number of primary amides is 1. The molecule has 5 N–H and O–H groups in total. The van der Waals surface area contributed by atoms with Crippen molar-refractivity contribution >= 4 is 42.9 Å². The fraction of sp³-hybridized carbons (Fsp3) is 0.286. The van der Waals surface area contributed by atoms with Gasteiger partial charge in [0.1, 0.15) is 41.5 Å². The Bertz CT molecular complexity index is 1460. The van der Waals surface area contributed by atoms with E-state index >= 15 is 0 Å². The van der Waals surface area contributed by atoms with Crippen LogP contribution in [-0.2, 0) is 11.5 Å². The highest BCUT2D eigenvalue weighted by Crippen LogP contribution is 2.36. The van der Waals surface area contributed by atoms with Crippen molar-refractivity contribution in [2.24, 2.45) is 5.73 Å². The molecule has 0 aliphatic carbocycles. The summed E-state index contributed by atoms with van der Waals surface area (Å²) in [6, 6.07) is 13.6. The van der Waals surface area contributed by atoms with Gasteiger partial charge in [0.25, 0.3) is 5.91 Å². The largest absolute Gasteiger partial charge is 0.484 e. The van der Waals surface area contributed by atoms with Crippen molar-refractivity contribution in [1.82, 2.24) is 19.7 Å². The molecule has 2 aromatic carbocycles. The van der Waals surface area contributed by atoms with Gasteiger partial charge in [-0.2, -0.15) is 5.10 Å². The molecular weight excluding hydrogens is 546 g/mol. The average Bonchev–Trinajstić information content (AvgIpc) is 3.26. The van der Waals surface area contributed by atoms with E-state index in [0.29, 0.717) is 46.0 Å². The van der Waals surface area contributed by atoms with Crippen LogP contribution in [0.3, 0.4) is 0 Å². The Balaban J connectivity index is 1.70. The summed E-state index contributed by atoms with van der Waals surface area (Å²) in [7, 11) is -1.29. The molecule has 0 unspecified atom stereocenters. The van der Waals surface area contributed by atoms with Crippen molar-refractivity contribution in [1.29, 1.82) is 0 Å². The number of rotatable bonds is 12. The van der Waals surface area contributed by atoms with Gasteiger partial charge in [-0.1, -0.05) is 49.4 Å². The van der Waals surface area contributed by atoms with Crippen LogP contribution in [-0.4, -0.2) is 40.3 Å². The molecule has 10 nitrogen and oxygen atoms in total. The number of ether oxygens (including phenoxy) is 2. The number of hydrogen-bond donors (Lipinski definition) is 3. The average molecular weight is 580 g/mol. The van der Waals surface area contributed by atoms with Gasteiger partial charge in [-0.3, -0.25) is 9.78 Å². The molecule has 1 amide bonds. The zero-order valence-electron chi connectivity index (χ0n) is 23.0. The number of nitrogens with zero attached hydrogens (tertiary/aromatic N) is 4. The highest BCUT2D eigenvalue weighted by Gasteiger charge is 2.25. The molecule has 4 rings (SSSR count). The fourth-order valence-electron chi connectivity index (χ4n) is 3.91. The molecule has 2 heterocycles. The van der Waals surface area contributed by atoms with Gasteiger partial charge in [0.15, 0.2) is 0 Å². The highest BCUT2D eigenvalue weighted by molar-refractivity contribution is 6.76. The normalized spacial score (nSPS) is 12.2. The van der Waals surface area contributed by atoms with Gasteiger partial charge in [-0.25, -0.2) is 9.67 Å². The quantitative estimate of drug-likeness (QED) is 0.107. The molecule has 4 aromatic rings. The van der Waals surface area contributed by atoms with E-state index in [1.807, 2.05) is 19.1 Å². The van der Waals surface area contributed by atoms with Crippen LogP contribution < -0.4 is 21.5 Å². The van der Waals surface area contributed by atoms with Crippen LogP contribution in [0.1, 0.15) is 28.9 Å². The number of nitrogen functional groups attached to an aromatic ring is 1. The predicted octanol–water partition coefficient (Wildman–Crippen LogP) is 5.87. The lowest BCUT2D eigenvalue weighted by molar-refractivity contribution is 0.0802. The van der Waals surface area contributed by atoms with E-state index in [1.54, 1.807) is 53.6 Å². The number of anilines is 3. The summed E-state index contributed by atoms with van der Waals surface area (Å²) in [6.07, 6.45) is 4.34. The van der Waals surface area contributed by atoms with Gasteiger partial charge in [-0.15, -0.1) is 0 Å². The van der Waals surface area contributed by atoms with E-state index in [9.17, 15) is 4.79 Å². The van der Waals surface area contributed by atoms with Crippen LogP contribution >= 0.6 is 11.6 Å². The molecule has 1 atom stereocenters. The number of amides is 1. The van der Waals surface area contributed by atoms with Gasteiger partial charge >= 0.3 is 0 Å². The molecule has 0 bridgehead atoms. The third kappa shape index (κ3) is 7.38. The maximum Gasteiger partial charge on any atom is 0.254 e. The van der Waals surface area contributed by atoms with Crippen LogP contribution in [0.25, 0.3) is 11.3 Å². The van der Waals surface area contributed by atoms with Gasteiger partial charge < -0.3 is 26.3 Å². The number of nitrogens with one attached hydrogen (secondary N) is 1. The topological polar surface area (TPSA) is 143 Å². The van der Waals surface area contributed by atoms with Crippen LogP contribution in [0, 0.1) is 0 Å². The first-order valence-electron chi connectivity index (χ1n) is 12.9. The van der Waals surface area contributed by atoms with Crippen molar-refractivity contribution in [2.75, 3.05) is 17.7 Å². The number of aromatic nitrogens is 4. The van der Waals surface area contributed by atoms with Crippen LogP contribution in [0.15, 0.2) is 61.1 Å². The SMILES string of the molecule is C[C@H](Oc1cc(-c2nn(COCC[Si](C)(C)C)c(Nc3cnccn3)c2C(N)=O)ccc1N)c1ccc(Cl)cc1. The lowest BCUT2D eigenvalue weighted by atomic mass is 10.1. The summed E-state index contributed by atoms with van der Waals surface area (Å²) in [4.78, 5) is 21.2. The van der Waals surface area contributed by atoms with Crippen molar-refractivity contribution in [3.63, 3.8) is 0 Å². The molecule has 210 valence electrons. The minimum Gasteiger partial charge on any atom is -0.484 e. The molecule has 12 heteroatoms. The van der Waals surface area contributed by atoms with E-state index in [0.717, 1.165) is 11.6 Å². The van der Waals surface area contributed by atoms with Crippen molar-refractivity contribution < 1.29 is 14.3 Å². The molecule has 40 heavy (non-hydrogen) atoms. The lowest BCUT2D eigenvalue weighted by Crippen LogP contribution is -2.22. The zero-order chi connectivity index (χ0) is 28.9. The van der Waals surface area contributed by atoms with Crippen LogP contribution in [0.4, 0.5) is 17.3 Å². The Morgan fingerprint density at radius 1 is 1.15 bits per heavy atom. The van der Waals surface area contributed by atoms with E-state index in [4.69, 9.17) is 37.6 Å². The molecule has 0 aliphatic heterocycles. The predicted molar refractivity (Wildman–Crippen MR) is 161 cm³/mol. The van der Waals surface area contributed by atoms with Crippen molar-refractivity contribution in [3.8, 4) is 17.0 Å². The summed E-state index contributed by atoms with van der Waals surface area (Å²) in [5.74, 6) is 0.561. The maximum absolute atomic E-state index is 12.8. The zero-order valence-corrected chi connectivity index (χ0v) is 24.8. The first-order valence-corrected chi connectivity index (χ1v) is 16.9. The molecule has 0 fully saturated rings. The second kappa shape index (κ2) is 12.5. The molecule has 2 aromatic heterocycles. The van der Waals surface area contributed by atoms with Gasteiger partial charge in [0, 0.05) is 37.7 Å². The first-order chi connectivity index (χ1) is 19.0. The number of hydrogen-bond acceptors (Lipinski definition) is 8. The van der Waals surface area contributed by atoms with Gasteiger partial charge in [0.05, 0.1) is 11.9 Å². The Kier molecular flexibility index (Phi) is 9.08. The number of benzene rings is 2. The standard InChI is InChI=1S/C28H34ClN7O3Si/c1-18(19-5-8-21(29)9-6-19)39-23-15-20(7-10-22(23)30)26-25(27(31)37)28(34-24-16-32-11-12-33-24)36(35-26)17-38-13-14-40(2,3)4/h5-12,15-16,18H,13-14,17,30H2,1-4H3,(H2,31,37)(H,33,34)/t18-/m0/s1. The monoisotopic (exact) mass is 579 g/mol. The van der Waals surface area contributed by atoms with E-state index in [-0.39, 0.29) is 18.4 Å². The molecule has 0 aliphatic rings. The van der Waals surface area contributed by atoms with E-state index in [2.05, 4.69) is 34.9 Å². The Morgan fingerprint density at radius 3 is 2.55 bits per heavy atom. The molecule has 0 spiro atoms. The minimum absolute atomic E-state index is 0.110. The number of carbonyl (C=O) groups excluding carboxylic acids is 1. The number of halogens is 1. The van der Waals surface area contributed by atoms with Gasteiger partial charge in [0.2, 0.25) is 0 Å². The summed E-state index contributed by atoms with van der Waals surface area (Å²) >= 11 is 6.03. The highest BCUT2D eigenvalue weighted by atomic mass is 35.5. The Morgan fingerprint density at radius 2 is 1.90 bits per heavy atom. The first kappa shape index (κ1) is 29.1. The van der Waals surface area contributed by atoms with E-state index < -0.39 is 14.0 Å². The smallest absolute Gasteiger partial charge is 0.254 e. The second-order valence-electron chi connectivity index (χ2n) is 10.6. The molecule has 0 saturated carbocycles. The molecule has 0 radical (unpaired) electrons. The third-order valence-corrected chi connectivity index (χ3v) is 8.10. The Labute approximate surface area is 239 Å². The third-order valence-electron chi connectivity index (χ3n) is 6.15. The summed E-state index contributed by atoms with van der Waals surface area (Å²) in [6.45, 7) is 9.44. The second-order valence-corrected chi connectivity index (χ2v) is 16.6. The summed E-state index contributed by atoms with van der Waals surface area (Å²) in [5, 5.41) is 8.51. The lowest BCUT2D eigenvalue weighted by Gasteiger charge is -2.17. The van der Waals surface area contributed by atoms with Crippen molar-refractivity contribution in [2.45, 2.75) is 45.4 Å². The number of nitrogens with two attached hydrogens (primary N) is 2. The fourth-order valence-corrected chi connectivity index (χ4v) is 4.79. The summed E-state index contributed by atoms with van der Waals surface area (Å²) in [5.41, 5.74) is 14.7. The summed E-state index contributed by atoms with van der Waals surface area (Å²) < 4.78 is 13.7. The minimum atomic E-state index is -1.29. The molecule has 0 saturated heterocycles. The Hall–Kier alpha value is -3.93. The van der Waals surface area contributed by atoms with Crippen LogP contribution in [0.2, 0.25) is 30.7 Å². The van der Waals surface area contributed by atoms with Crippen LogP contribution in [0.5, 0.6) is 5.75 Å². The van der Waals surface area contributed by atoms with Crippen molar-refractivity contribution in [3.05, 3.63) is 77.2 Å². The van der Waals surface area contributed by atoms with E-state index in [1.165, 1.54) is 0 Å². The maximum atomic E-state index is 12.8. The van der Waals surface area contributed by atoms with Gasteiger partial charge in [-0.05, 0) is 42.8 Å². The number of carbonyl (C=O) groups is 1. The molecular formula is C28H34ClN7O3Si.